The Labute approximate surface area is 537 Å². The molecule has 0 saturated carbocycles. The number of ether oxygens (including phenoxy) is 2. The Morgan fingerprint density at radius 1 is 0.356 bits per heavy atom. The monoisotopic (exact) mass is 1240 g/mol. The van der Waals surface area contributed by atoms with E-state index in [0.717, 1.165) is 89.9 Å². The van der Waals surface area contributed by atoms with Crippen LogP contribution < -0.4 is 5.73 Å². The summed E-state index contributed by atoms with van der Waals surface area (Å²) < 4.78 is 33.2. The van der Waals surface area contributed by atoms with Crippen molar-refractivity contribution in [3.63, 3.8) is 0 Å². The number of carbonyl (C=O) groups is 2. The van der Waals surface area contributed by atoms with Crippen molar-refractivity contribution < 1.29 is 37.6 Å². The number of esters is 2. The molecule has 0 aromatic rings. The first-order chi connectivity index (χ1) is 42.8. The maximum Gasteiger partial charge on any atom is 0.472 e. The highest BCUT2D eigenvalue weighted by atomic mass is 31.2. The van der Waals surface area contributed by atoms with Gasteiger partial charge in [-0.2, -0.15) is 0 Å². The number of allylic oxidation sites excluding steroid dienone is 16. The van der Waals surface area contributed by atoms with E-state index in [4.69, 9.17) is 24.3 Å². The fourth-order valence-corrected chi connectivity index (χ4v) is 11.4. The summed E-state index contributed by atoms with van der Waals surface area (Å²) in [6, 6.07) is 0. The average molecular weight is 1240 g/mol. The van der Waals surface area contributed by atoms with Crippen molar-refractivity contribution in [2.75, 3.05) is 26.4 Å². The van der Waals surface area contributed by atoms with Gasteiger partial charge in [-0.1, -0.05) is 355 Å². The highest BCUT2D eigenvalue weighted by Gasteiger charge is 2.26. The second-order valence-corrected chi connectivity index (χ2v) is 25.9. The quantitative estimate of drug-likeness (QED) is 0.0264. The molecule has 9 nitrogen and oxygen atoms in total. The molecule has 0 rings (SSSR count). The zero-order valence-corrected chi connectivity index (χ0v) is 57.6. The molecule has 0 aliphatic heterocycles. The number of hydrogen-bond acceptors (Lipinski definition) is 8. The fraction of sp³-hybridized carbons (Fsp3) is 0.766. The predicted molar refractivity (Wildman–Crippen MR) is 376 cm³/mol. The minimum Gasteiger partial charge on any atom is -0.462 e. The first-order valence-corrected chi connectivity index (χ1v) is 38.2. The van der Waals surface area contributed by atoms with Gasteiger partial charge in [0.2, 0.25) is 0 Å². The Balaban J connectivity index is 3.86. The maximum absolute atomic E-state index is 12.8. The minimum atomic E-state index is -4.40. The standard InChI is InChI=1S/C77H138NO8P/c1-3-5-7-9-11-13-15-17-19-21-23-25-27-29-31-32-33-34-35-36-37-38-39-40-41-42-44-46-48-50-52-54-56-58-60-62-64-66-68-70-77(80)86-75(74-85-87(81,82)84-72-71-78)73-83-76(79)69-67-65-63-61-59-57-55-53-51-49-47-45-43-30-28-26-24-22-20-18-16-14-12-10-8-6-4-2/h5,7,11,13,17,19,23,25,29,31,33-34,36-37,39-40,75H,3-4,6,8-10,12,14-16,18,20-22,24,26-28,30,32,35,38,41-74,78H2,1-2H3,(H,81,82)/b7-5-,13-11-,19-17-,25-23-,31-29-,34-33-,37-36-,40-39-. The van der Waals surface area contributed by atoms with E-state index in [9.17, 15) is 19.0 Å². The van der Waals surface area contributed by atoms with E-state index >= 15 is 0 Å². The van der Waals surface area contributed by atoms with Crippen LogP contribution in [0, 0.1) is 0 Å². The van der Waals surface area contributed by atoms with Crippen LogP contribution in [0.25, 0.3) is 0 Å². The maximum atomic E-state index is 12.8. The molecule has 3 N–H and O–H groups in total. The highest BCUT2D eigenvalue weighted by molar-refractivity contribution is 7.47. The zero-order chi connectivity index (χ0) is 63.0. The molecule has 0 spiro atoms. The average Bonchev–Trinajstić information content (AvgIpc) is 3.64. The summed E-state index contributed by atoms with van der Waals surface area (Å²) in [5.41, 5.74) is 5.41. The summed E-state index contributed by atoms with van der Waals surface area (Å²) in [6.45, 7) is 3.68. The van der Waals surface area contributed by atoms with Crippen molar-refractivity contribution in [3.8, 4) is 0 Å². The lowest BCUT2D eigenvalue weighted by molar-refractivity contribution is -0.161. The van der Waals surface area contributed by atoms with E-state index in [1.165, 1.54) is 225 Å². The van der Waals surface area contributed by atoms with E-state index in [2.05, 4.69) is 111 Å². The number of phosphoric ester groups is 1. The first kappa shape index (κ1) is 83.9. The Morgan fingerprint density at radius 2 is 0.632 bits per heavy atom. The number of carbonyl (C=O) groups excluding carboxylic acids is 2. The fourth-order valence-electron chi connectivity index (χ4n) is 10.6. The third-order valence-electron chi connectivity index (χ3n) is 16.0. The molecule has 0 saturated heterocycles. The number of rotatable bonds is 69. The second-order valence-electron chi connectivity index (χ2n) is 24.4. The van der Waals surface area contributed by atoms with Crippen LogP contribution in [0.5, 0.6) is 0 Å². The molecule has 87 heavy (non-hydrogen) atoms. The molecule has 0 amide bonds. The minimum absolute atomic E-state index is 0.0524. The molecular formula is C77H138NO8P. The van der Waals surface area contributed by atoms with Crippen LogP contribution in [0.1, 0.15) is 348 Å². The van der Waals surface area contributed by atoms with Crippen LogP contribution in [-0.4, -0.2) is 49.3 Å². The molecule has 10 heteroatoms. The molecular weight excluding hydrogens is 1100 g/mol. The van der Waals surface area contributed by atoms with Gasteiger partial charge >= 0.3 is 19.8 Å². The van der Waals surface area contributed by atoms with Crippen molar-refractivity contribution >= 4 is 19.8 Å². The van der Waals surface area contributed by atoms with Crippen molar-refractivity contribution in [2.45, 2.75) is 354 Å². The third kappa shape index (κ3) is 71.9. The molecule has 0 aliphatic carbocycles. The third-order valence-corrected chi connectivity index (χ3v) is 17.0. The van der Waals surface area contributed by atoms with Gasteiger partial charge in [0, 0.05) is 19.4 Å². The molecule has 0 fully saturated rings. The van der Waals surface area contributed by atoms with Crippen molar-refractivity contribution in [1.29, 1.82) is 0 Å². The SMILES string of the molecule is CC/C=C\C/C=C\C/C=C\C/C=C\C/C=C\C/C=C\C/C=C\C/C=C\CCCCCCCCCCCCCCCCC(=O)OC(COC(=O)CCCCCCCCCCCCCCCCCCCCCCCCCCCCC)COP(=O)(O)OCCN. The Kier molecular flexibility index (Phi) is 69.5. The van der Waals surface area contributed by atoms with Gasteiger partial charge in [-0.05, 0) is 77.0 Å². The summed E-state index contributed by atoms with van der Waals surface area (Å²) in [5.74, 6) is -0.814. The first-order valence-electron chi connectivity index (χ1n) is 36.7. The summed E-state index contributed by atoms with van der Waals surface area (Å²) >= 11 is 0. The van der Waals surface area contributed by atoms with Crippen LogP contribution in [0.3, 0.4) is 0 Å². The van der Waals surface area contributed by atoms with Gasteiger partial charge in [0.25, 0.3) is 0 Å². The van der Waals surface area contributed by atoms with Crippen LogP contribution >= 0.6 is 7.82 Å². The normalized spacial score (nSPS) is 13.5. The molecule has 0 aromatic carbocycles. The van der Waals surface area contributed by atoms with Gasteiger partial charge in [-0.15, -0.1) is 0 Å². The van der Waals surface area contributed by atoms with Gasteiger partial charge in [0.15, 0.2) is 6.10 Å². The molecule has 2 unspecified atom stereocenters. The van der Waals surface area contributed by atoms with Gasteiger partial charge in [0.05, 0.1) is 13.2 Å². The number of hydrogen-bond donors (Lipinski definition) is 2. The lowest BCUT2D eigenvalue weighted by atomic mass is 10.0. The Hall–Kier alpha value is -3.07. The van der Waals surface area contributed by atoms with Crippen molar-refractivity contribution in [1.82, 2.24) is 0 Å². The van der Waals surface area contributed by atoms with Gasteiger partial charge < -0.3 is 20.1 Å². The van der Waals surface area contributed by atoms with Crippen molar-refractivity contribution in [3.05, 3.63) is 97.2 Å². The topological polar surface area (TPSA) is 134 Å². The summed E-state index contributed by atoms with van der Waals surface area (Å²) in [6.07, 6.45) is 98.0. The second kappa shape index (κ2) is 72.0. The van der Waals surface area contributed by atoms with Crippen LogP contribution in [0.15, 0.2) is 97.2 Å². The van der Waals surface area contributed by atoms with Gasteiger partial charge in [-0.3, -0.25) is 18.6 Å². The van der Waals surface area contributed by atoms with E-state index in [1.807, 2.05) is 0 Å². The smallest absolute Gasteiger partial charge is 0.462 e. The van der Waals surface area contributed by atoms with Gasteiger partial charge in [-0.25, -0.2) is 4.57 Å². The zero-order valence-electron chi connectivity index (χ0n) is 56.7. The van der Waals surface area contributed by atoms with E-state index in [0.29, 0.717) is 6.42 Å². The summed E-state index contributed by atoms with van der Waals surface area (Å²) in [4.78, 5) is 35.4. The number of unbranched alkanes of at least 4 members (excludes halogenated alkanes) is 40. The van der Waals surface area contributed by atoms with Crippen LogP contribution in [-0.2, 0) is 32.7 Å². The number of phosphoric acid groups is 1. The van der Waals surface area contributed by atoms with E-state index in [-0.39, 0.29) is 38.6 Å². The molecule has 0 aliphatic rings. The molecule has 0 heterocycles. The molecule has 0 radical (unpaired) electrons. The lowest BCUT2D eigenvalue weighted by Crippen LogP contribution is -2.29. The largest absolute Gasteiger partial charge is 0.472 e. The van der Waals surface area contributed by atoms with Gasteiger partial charge in [0.1, 0.15) is 6.61 Å². The predicted octanol–water partition coefficient (Wildman–Crippen LogP) is 24.3. The van der Waals surface area contributed by atoms with E-state index in [1.54, 1.807) is 0 Å². The highest BCUT2D eigenvalue weighted by Crippen LogP contribution is 2.43. The molecule has 0 bridgehead atoms. The summed E-state index contributed by atoms with van der Waals surface area (Å²) in [5, 5.41) is 0. The molecule has 504 valence electrons. The molecule has 2 atom stereocenters. The summed E-state index contributed by atoms with van der Waals surface area (Å²) in [7, 11) is -4.40. The lowest BCUT2D eigenvalue weighted by Gasteiger charge is -2.19. The Bertz CT molecular complexity index is 1750. The van der Waals surface area contributed by atoms with Crippen LogP contribution in [0.4, 0.5) is 0 Å². The molecule has 0 aromatic heterocycles. The van der Waals surface area contributed by atoms with Crippen molar-refractivity contribution in [2.24, 2.45) is 5.73 Å². The number of nitrogens with two attached hydrogens (primary N) is 1. The Morgan fingerprint density at radius 3 is 0.943 bits per heavy atom. The van der Waals surface area contributed by atoms with Crippen LogP contribution in [0.2, 0.25) is 0 Å². The van der Waals surface area contributed by atoms with E-state index < -0.39 is 26.5 Å².